The highest BCUT2D eigenvalue weighted by atomic mass is 35.5. The molecule has 56 heavy (non-hydrogen) atoms. The van der Waals surface area contributed by atoms with Gasteiger partial charge in [-0.2, -0.15) is 5.26 Å². The second kappa shape index (κ2) is 19.4. The lowest BCUT2D eigenvalue weighted by atomic mass is 9.89. The maximum atomic E-state index is 15.4. The van der Waals surface area contributed by atoms with Crippen molar-refractivity contribution >= 4 is 17.6 Å². The van der Waals surface area contributed by atoms with Crippen LogP contribution in [0.25, 0.3) is 22.3 Å². The van der Waals surface area contributed by atoms with Crippen LogP contribution in [-0.2, 0) is 24.6 Å². The lowest BCUT2D eigenvalue weighted by Crippen LogP contribution is -2.25. The molecule has 1 aliphatic heterocycles. The van der Waals surface area contributed by atoms with Crippen LogP contribution in [0.5, 0.6) is 17.2 Å². The fourth-order valence-electron chi connectivity index (χ4n) is 6.93. The Morgan fingerprint density at radius 1 is 0.911 bits per heavy atom. The first-order valence-electron chi connectivity index (χ1n) is 18.9. The van der Waals surface area contributed by atoms with Gasteiger partial charge >= 0.3 is 5.97 Å². The Morgan fingerprint density at radius 3 is 2.45 bits per heavy atom. The average Bonchev–Trinajstić information content (AvgIpc) is 3.72. The number of rotatable bonds is 18. The molecule has 6 rings (SSSR count). The van der Waals surface area contributed by atoms with Crippen molar-refractivity contribution in [3.8, 4) is 45.6 Å². The van der Waals surface area contributed by atoms with E-state index in [1.165, 1.54) is 25.1 Å². The molecule has 0 spiro atoms. The van der Waals surface area contributed by atoms with E-state index in [2.05, 4.69) is 46.4 Å². The molecule has 290 valence electrons. The molecule has 1 fully saturated rings. The van der Waals surface area contributed by atoms with E-state index in [4.69, 9.17) is 30.9 Å². The van der Waals surface area contributed by atoms with Crippen molar-refractivity contribution in [2.24, 2.45) is 0 Å². The maximum Gasteiger partial charge on any atom is 0.303 e. The molecule has 0 atom stereocenters. The largest absolute Gasteiger partial charge is 0.492 e. The molecule has 4 aromatic carbocycles. The van der Waals surface area contributed by atoms with Gasteiger partial charge in [0, 0.05) is 49.1 Å². The summed E-state index contributed by atoms with van der Waals surface area (Å²) in [6.07, 6.45) is 6.16. The van der Waals surface area contributed by atoms with Crippen LogP contribution in [0.4, 0.5) is 4.39 Å². The SMILES string of the molecule is Cc1c(COc2cc(OCc3cncc(C#N)c3)c(CNCCCC(=O)O)cc2Cl)cc(F)cc1-c1cccc(-c2ccc(OCCN3CCCC3)cc2)c1C. The van der Waals surface area contributed by atoms with Crippen molar-refractivity contribution in [2.45, 2.75) is 59.3 Å². The lowest BCUT2D eigenvalue weighted by Gasteiger charge is -2.19. The summed E-state index contributed by atoms with van der Waals surface area (Å²) in [4.78, 5) is 17.5. The Balaban J connectivity index is 1.18. The number of halogens is 2. The van der Waals surface area contributed by atoms with Gasteiger partial charge in [0.25, 0.3) is 0 Å². The zero-order chi connectivity index (χ0) is 39.4. The van der Waals surface area contributed by atoms with Gasteiger partial charge in [0.1, 0.15) is 49.0 Å². The van der Waals surface area contributed by atoms with Crippen LogP contribution in [0, 0.1) is 31.0 Å². The fourth-order valence-corrected chi connectivity index (χ4v) is 7.17. The van der Waals surface area contributed by atoms with Crippen LogP contribution < -0.4 is 19.5 Å². The summed E-state index contributed by atoms with van der Waals surface area (Å²) in [5.74, 6) is 0.452. The lowest BCUT2D eigenvalue weighted by molar-refractivity contribution is -0.137. The summed E-state index contributed by atoms with van der Waals surface area (Å²) < 4.78 is 33.8. The minimum atomic E-state index is -0.854. The predicted molar refractivity (Wildman–Crippen MR) is 216 cm³/mol. The molecule has 2 N–H and O–H groups in total. The fraction of sp³-hybridized carbons (Fsp3) is 0.311. The molecular formula is C45H46ClFN4O5. The molecule has 1 saturated heterocycles. The van der Waals surface area contributed by atoms with Crippen molar-refractivity contribution in [1.29, 1.82) is 5.26 Å². The summed E-state index contributed by atoms with van der Waals surface area (Å²) >= 11 is 6.75. The normalized spacial score (nSPS) is 12.7. The first kappa shape index (κ1) is 40.2. The van der Waals surface area contributed by atoms with Crippen LogP contribution >= 0.6 is 11.6 Å². The van der Waals surface area contributed by atoms with E-state index in [9.17, 15) is 10.1 Å². The molecule has 1 aliphatic rings. The van der Waals surface area contributed by atoms with Gasteiger partial charge in [0.15, 0.2) is 0 Å². The number of nitrogens with one attached hydrogen (secondary N) is 1. The summed E-state index contributed by atoms with van der Waals surface area (Å²) in [5, 5.41) is 21.9. The van der Waals surface area contributed by atoms with Crippen LogP contribution in [0.2, 0.25) is 5.02 Å². The average molecular weight is 777 g/mol. The van der Waals surface area contributed by atoms with Crippen molar-refractivity contribution in [3.63, 3.8) is 0 Å². The molecule has 5 aromatic rings. The standard InChI is InChI=1S/C45H46ClFN4O5/c1-30-36(29-56-44-23-43(55-28-33-19-32(24-48)25-50-26-33)35(21-42(44)46)27-49-14-6-9-45(52)53)20-37(47)22-41(30)40-8-5-7-39(31(40)2)34-10-12-38(13-11-34)54-18-17-51-15-3-4-16-51/h5,7-8,10-13,19-23,25-26,49H,3-4,6,9,14-18,27-29H2,1-2H3,(H,52,53). The third kappa shape index (κ3) is 10.6. The van der Waals surface area contributed by atoms with E-state index in [-0.39, 0.29) is 25.5 Å². The molecule has 0 radical (unpaired) electrons. The van der Waals surface area contributed by atoms with E-state index in [1.807, 2.05) is 31.2 Å². The molecule has 9 nitrogen and oxygen atoms in total. The van der Waals surface area contributed by atoms with Gasteiger partial charge in [-0.25, -0.2) is 4.39 Å². The van der Waals surface area contributed by atoms with Gasteiger partial charge < -0.3 is 24.6 Å². The Labute approximate surface area is 332 Å². The van der Waals surface area contributed by atoms with Crippen molar-refractivity contribution in [3.05, 3.63) is 129 Å². The van der Waals surface area contributed by atoms with E-state index in [0.717, 1.165) is 64.3 Å². The second-order valence-electron chi connectivity index (χ2n) is 14.0. The topological polar surface area (TPSA) is 117 Å². The van der Waals surface area contributed by atoms with Crippen molar-refractivity contribution < 1.29 is 28.5 Å². The third-order valence-electron chi connectivity index (χ3n) is 10.0. The number of likely N-dealkylation sites (tertiary alicyclic amines) is 1. The Bertz CT molecular complexity index is 2180. The van der Waals surface area contributed by atoms with Crippen LogP contribution in [-0.4, -0.2) is 53.7 Å². The summed E-state index contributed by atoms with van der Waals surface area (Å²) in [6, 6.07) is 24.5. The highest BCUT2D eigenvalue weighted by Gasteiger charge is 2.17. The molecule has 0 amide bonds. The molecule has 0 unspecified atom stereocenters. The second-order valence-corrected chi connectivity index (χ2v) is 14.4. The molecular weight excluding hydrogens is 731 g/mol. The molecule has 1 aromatic heterocycles. The number of carboxylic acids is 1. The molecule has 11 heteroatoms. The number of carboxylic acid groups (broad SMARTS) is 1. The van der Waals surface area contributed by atoms with Crippen LogP contribution in [0.3, 0.4) is 0 Å². The molecule has 0 saturated carbocycles. The number of hydrogen-bond donors (Lipinski definition) is 2. The highest BCUT2D eigenvalue weighted by molar-refractivity contribution is 6.32. The van der Waals surface area contributed by atoms with Crippen LogP contribution in [0.15, 0.2) is 85.2 Å². The quantitative estimate of drug-likeness (QED) is 0.0840. The minimum absolute atomic E-state index is 0.0502. The first-order valence-corrected chi connectivity index (χ1v) is 19.3. The highest BCUT2D eigenvalue weighted by Crippen LogP contribution is 2.37. The zero-order valence-corrected chi connectivity index (χ0v) is 32.5. The number of nitrogens with zero attached hydrogens (tertiary/aromatic N) is 3. The maximum absolute atomic E-state index is 15.4. The number of aliphatic carboxylic acids is 1. The third-order valence-corrected chi connectivity index (χ3v) is 10.3. The Kier molecular flexibility index (Phi) is 13.9. The monoisotopic (exact) mass is 776 g/mol. The van der Waals surface area contributed by atoms with E-state index < -0.39 is 5.97 Å². The summed E-state index contributed by atoms with van der Waals surface area (Å²) in [7, 11) is 0. The number of pyridine rings is 1. The van der Waals surface area contributed by atoms with E-state index >= 15 is 4.39 Å². The Hall–Kier alpha value is -5.47. The number of hydrogen-bond acceptors (Lipinski definition) is 8. The van der Waals surface area contributed by atoms with Gasteiger partial charge in [0.05, 0.1) is 10.6 Å². The number of aromatic nitrogens is 1. The van der Waals surface area contributed by atoms with E-state index in [1.54, 1.807) is 30.5 Å². The Morgan fingerprint density at radius 2 is 1.68 bits per heavy atom. The van der Waals surface area contributed by atoms with Gasteiger partial charge in [0.2, 0.25) is 0 Å². The molecule has 0 aliphatic carbocycles. The summed E-state index contributed by atoms with van der Waals surface area (Å²) in [5.41, 5.74) is 8.25. The van der Waals surface area contributed by atoms with E-state index in [0.29, 0.717) is 59.3 Å². The summed E-state index contributed by atoms with van der Waals surface area (Å²) in [6.45, 7) is 8.96. The first-order chi connectivity index (χ1) is 27.2. The van der Waals surface area contributed by atoms with Gasteiger partial charge in [-0.3, -0.25) is 14.7 Å². The van der Waals surface area contributed by atoms with Gasteiger partial charge in [-0.1, -0.05) is 41.9 Å². The smallest absolute Gasteiger partial charge is 0.303 e. The van der Waals surface area contributed by atoms with Gasteiger partial charge in [-0.05, 0) is 128 Å². The van der Waals surface area contributed by atoms with Crippen molar-refractivity contribution in [1.82, 2.24) is 15.2 Å². The van der Waals surface area contributed by atoms with Crippen LogP contribution in [0.1, 0.15) is 59.1 Å². The zero-order valence-electron chi connectivity index (χ0n) is 31.7. The molecule has 2 heterocycles. The number of carbonyl (C=O) groups is 1. The number of benzene rings is 4. The molecule has 0 bridgehead atoms. The number of ether oxygens (including phenoxy) is 3. The van der Waals surface area contributed by atoms with Gasteiger partial charge in [-0.15, -0.1) is 0 Å². The minimum Gasteiger partial charge on any atom is -0.492 e. The predicted octanol–water partition coefficient (Wildman–Crippen LogP) is 9.28. The van der Waals surface area contributed by atoms with Crippen molar-refractivity contribution in [2.75, 3.05) is 32.8 Å². The number of nitriles is 1.